The fourth-order valence-corrected chi connectivity index (χ4v) is 1.84. The van der Waals surface area contributed by atoms with E-state index in [1.54, 1.807) is 36.7 Å². The second-order valence-electron chi connectivity index (χ2n) is 4.44. The summed E-state index contributed by atoms with van der Waals surface area (Å²) in [5.41, 5.74) is 2.66. The van der Waals surface area contributed by atoms with Gasteiger partial charge in [-0.1, -0.05) is 12.1 Å². The molecule has 0 aliphatic heterocycles. The van der Waals surface area contributed by atoms with E-state index >= 15 is 0 Å². The zero-order valence-corrected chi connectivity index (χ0v) is 11.0. The van der Waals surface area contributed by atoms with Gasteiger partial charge in [-0.05, 0) is 41.8 Å². The summed E-state index contributed by atoms with van der Waals surface area (Å²) >= 11 is 0. The fraction of sp³-hybridized carbons (Fsp3) is 0.188. The van der Waals surface area contributed by atoms with Crippen LogP contribution in [-0.4, -0.2) is 17.4 Å². The average molecular weight is 265 g/mol. The monoisotopic (exact) mass is 265 g/mol. The number of hydrogen-bond donors (Lipinski definition) is 1. The highest BCUT2D eigenvalue weighted by Crippen LogP contribution is 2.04. The van der Waals surface area contributed by atoms with Crippen LogP contribution in [0.3, 0.4) is 0 Å². The Morgan fingerprint density at radius 3 is 2.45 bits per heavy atom. The minimum absolute atomic E-state index is 0.0104. The van der Waals surface area contributed by atoms with E-state index in [0.717, 1.165) is 17.5 Å². The number of amides is 1. The molecule has 0 spiro atoms. The lowest BCUT2D eigenvalue weighted by Crippen LogP contribution is -2.27. The van der Waals surface area contributed by atoms with E-state index < -0.39 is 0 Å². The number of carbonyl (C=O) groups is 1. The fourth-order valence-electron chi connectivity index (χ4n) is 1.84. The number of nitrogens with one attached hydrogen (secondary N) is 1. The van der Waals surface area contributed by atoms with Gasteiger partial charge in [0.05, 0.1) is 18.1 Å². The summed E-state index contributed by atoms with van der Waals surface area (Å²) in [6.07, 6.45) is 4.62. The third-order valence-electron chi connectivity index (χ3n) is 2.93. The molecule has 1 aromatic carbocycles. The van der Waals surface area contributed by atoms with Crippen molar-refractivity contribution < 1.29 is 4.79 Å². The highest BCUT2D eigenvalue weighted by atomic mass is 16.1. The highest BCUT2D eigenvalue weighted by Gasteiger charge is 2.03. The van der Waals surface area contributed by atoms with Gasteiger partial charge in [-0.2, -0.15) is 5.26 Å². The third kappa shape index (κ3) is 4.21. The van der Waals surface area contributed by atoms with E-state index in [9.17, 15) is 4.79 Å². The molecule has 0 bridgehead atoms. The average Bonchev–Trinajstić information content (AvgIpc) is 2.49. The molecule has 100 valence electrons. The van der Waals surface area contributed by atoms with E-state index in [2.05, 4.69) is 16.4 Å². The molecule has 0 aliphatic carbocycles. The Kier molecular flexibility index (Phi) is 4.85. The maximum absolute atomic E-state index is 11.8. The van der Waals surface area contributed by atoms with Gasteiger partial charge in [-0.15, -0.1) is 0 Å². The van der Waals surface area contributed by atoms with Gasteiger partial charge < -0.3 is 5.32 Å². The van der Waals surface area contributed by atoms with Crippen molar-refractivity contribution in [1.82, 2.24) is 10.3 Å². The number of pyridine rings is 1. The molecular weight excluding hydrogens is 250 g/mol. The molecule has 0 fully saturated rings. The Morgan fingerprint density at radius 1 is 1.10 bits per heavy atom. The zero-order chi connectivity index (χ0) is 14.2. The molecule has 1 aromatic heterocycles. The predicted octanol–water partition coefficient (Wildman–Crippen LogP) is 1.85. The molecule has 0 radical (unpaired) electrons. The Balaban J connectivity index is 1.76. The molecule has 20 heavy (non-hydrogen) atoms. The van der Waals surface area contributed by atoms with Crippen LogP contribution in [0, 0.1) is 11.3 Å². The minimum atomic E-state index is -0.0104. The number of rotatable bonds is 5. The zero-order valence-electron chi connectivity index (χ0n) is 11.0. The molecule has 4 nitrogen and oxygen atoms in total. The van der Waals surface area contributed by atoms with Gasteiger partial charge in [0.25, 0.3) is 0 Å². The van der Waals surface area contributed by atoms with E-state index in [1.165, 1.54) is 0 Å². The van der Waals surface area contributed by atoms with Crippen LogP contribution in [0.25, 0.3) is 0 Å². The Labute approximate surface area is 118 Å². The molecule has 4 heteroatoms. The number of carbonyl (C=O) groups excluding carboxylic acids is 1. The van der Waals surface area contributed by atoms with Crippen molar-refractivity contribution in [3.05, 3.63) is 65.5 Å². The summed E-state index contributed by atoms with van der Waals surface area (Å²) in [6, 6.07) is 13.0. The summed E-state index contributed by atoms with van der Waals surface area (Å²) in [4.78, 5) is 15.7. The summed E-state index contributed by atoms with van der Waals surface area (Å²) in [5, 5.41) is 11.6. The van der Waals surface area contributed by atoms with E-state index in [4.69, 9.17) is 5.26 Å². The smallest absolute Gasteiger partial charge is 0.224 e. The first-order valence-electron chi connectivity index (χ1n) is 6.42. The van der Waals surface area contributed by atoms with Gasteiger partial charge in [0.15, 0.2) is 0 Å². The maximum Gasteiger partial charge on any atom is 0.224 e. The van der Waals surface area contributed by atoms with E-state index in [0.29, 0.717) is 18.5 Å². The normalized spacial score (nSPS) is 9.75. The molecule has 0 unspecified atom stereocenters. The molecule has 1 amide bonds. The number of benzene rings is 1. The minimum Gasteiger partial charge on any atom is -0.355 e. The van der Waals surface area contributed by atoms with Crippen molar-refractivity contribution in [2.75, 3.05) is 6.54 Å². The highest BCUT2D eigenvalue weighted by molar-refractivity contribution is 5.78. The van der Waals surface area contributed by atoms with Gasteiger partial charge >= 0.3 is 0 Å². The second kappa shape index (κ2) is 7.05. The molecule has 0 aliphatic rings. The standard InChI is InChI=1S/C16H15N3O/c17-12-15-3-1-14(2-4-15)11-16(20)19-10-7-13-5-8-18-9-6-13/h1-6,8-9H,7,10-11H2,(H,19,20). The molecule has 2 aromatic rings. The lowest BCUT2D eigenvalue weighted by molar-refractivity contribution is -0.120. The number of aromatic nitrogens is 1. The Bertz CT molecular complexity index is 600. The van der Waals surface area contributed by atoms with Gasteiger partial charge in [-0.25, -0.2) is 0 Å². The number of nitrogens with zero attached hydrogens (tertiary/aromatic N) is 2. The molecular formula is C16H15N3O. The summed E-state index contributed by atoms with van der Waals surface area (Å²) in [6.45, 7) is 0.610. The predicted molar refractivity (Wildman–Crippen MR) is 75.8 cm³/mol. The molecule has 2 rings (SSSR count). The van der Waals surface area contributed by atoms with Crippen molar-refractivity contribution >= 4 is 5.91 Å². The first kappa shape index (κ1) is 13.8. The van der Waals surface area contributed by atoms with E-state index in [1.807, 2.05) is 12.1 Å². The maximum atomic E-state index is 11.8. The first-order chi connectivity index (χ1) is 9.78. The number of nitriles is 1. The quantitative estimate of drug-likeness (QED) is 0.897. The topological polar surface area (TPSA) is 65.8 Å². The molecule has 0 saturated carbocycles. The van der Waals surface area contributed by atoms with Gasteiger partial charge in [0.1, 0.15) is 0 Å². The van der Waals surface area contributed by atoms with Gasteiger partial charge in [0.2, 0.25) is 5.91 Å². The van der Waals surface area contributed by atoms with Crippen LogP contribution in [-0.2, 0) is 17.6 Å². The van der Waals surface area contributed by atoms with Crippen molar-refractivity contribution in [2.45, 2.75) is 12.8 Å². The lowest BCUT2D eigenvalue weighted by atomic mass is 10.1. The van der Waals surface area contributed by atoms with Crippen LogP contribution in [0.2, 0.25) is 0 Å². The lowest BCUT2D eigenvalue weighted by Gasteiger charge is -2.05. The van der Waals surface area contributed by atoms with Crippen LogP contribution in [0.4, 0.5) is 0 Å². The van der Waals surface area contributed by atoms with Crippen molar-refractivity contribution in [1.29, 1.82) is 5.26 Å². The third-order valence-corrected chi connectivity index (χ3v) is 2.93. The van der Waals surface area contributed by atoms with E-state index in [-0.39, 0.29) is 5.91 Å². The van der Waals surface area contributed by atoms with Crippen molar-refractivity contribution in [3.8, 4) is 6.07 Å². The van der Waals surface area contributed by atoms with Crippen LogP contribution in [0.15, 0.2) is 48.8 Å². The van der Waals surface area contributed by atoms with Gasteiger partial charge in [0, 0.05) is 18.9 Å². The summed E-state index contributed by atoms with van der Waals surface area (Å²) in [7, 11) is 0. The molecule has 1 heterocycles. The summed E-state index contributed by atoms with van der Waals surface area (Å²) in [5.74, 6) is -0.0104. The van der Waals surface area contributed by atoms with Crippen LogP contribution in [0.5, 0.6) is 0 Å². The molecule has 0 saturated heterocycles. The van der Waals surface area contributed by atoms with Crippen LogP contribution < -0.4 is 5.32 Å². The Morgan fingerprint density at radius 2 is 1.80 bits per heavy atom. The van der Waals surface area contributed by atoms with Crippen LogP contribution in [0.1, 0.15) is 16.7 Å². The second-order valence-corrected chi connectivity index (χ2v) is 4.44. The van der Waals surface area contributed by atoms with Crippen molar-refractivity contribution in [2.24, 2.45) is 0 Å². The SMILES string of the molecule is N#Cc1ccc(CC(=O)NCCc2ccncc2)cc1. The summed E-state index contributed by atoms with van der Waals surface area (Å²) < 4.78 is 0. The van der Waals surface area contributed by atoms with Crippen molar-refractivity contribution in [3.63, 3.8) is 0 Å². The number of hydrogen-bond acceptors (Lipinski definition) is 3. The molecule has 0 atom stereocenters. The Hall–Kier alpha value is -2.67. The van der Waals surface area contributed by atoms with Crippen LogP contribution >= 0.6 is 0 Å². The largest absolute Gasteiger partial charge is 0.355 e. The molecule has 1 N–H and O–H groups in total. The first-order valence-corrected chi connectivity index (χ1v) is 6.42. The van der Waals surface area contributed by atoms with Gasteiger partial charge in [-0.3, -0.25) is 9.78 Å².